The lowest BCUT2D eigenvalue weighted by Gasteiger charge is -2.12. The summed E-state index contributed by atoms with van der Waals surface area (Å²) in [6.07, 6.45) is 18.4. The predicted molar refractivity (Wildman–Crippen MR) is 220 cm³/mol. The van der Waals surface area contributed by atoms with Gasteiger partial charge in [-0.25, -0.2) is 0 Å². The first-order valence-corrected chi connectivity index (χ1v) is 21.9. The number of hydrogen-bond donors (Lipinski definition) is 4. The fourth-order valence-corrected chi connectivity index (χ4v) is 6.04. The van der Waals surface area contributed by atoms with Crippen molar-refractivity contribution >= 4 is 41.1 Å². The Hall–Kier alpha value is -3.27. The molecule has 0 aromatic rings. The van der Waals surface area contributed by atoms with Crippen molar-refractivity contribution in [3.8, 4) is 0 Å². The van der Waals surface area contributed by atoms with Crippen molar-refractivity contribution in [3.63, 3.8) is 0 Å². The number of amides is 2. The molecule has 1 unspecified atom stereocenters. The zero-order valence-electron chi connectivity index (χ0n) is 35.5. The van der Waals surface area contributed by atoms with E-state index in [0.717, 1.165) is 44.9 Å². The van der Waals surface area contributed by atoms with Crippen molar-refractivity contribution in [2.24, 2.45) is 5.92 Å². The van der Waals surface area contributed by atoms with E-state index in [1.165, 1.54) is 44.9 Å². The molecule has 0 radical (unpaired) electrons. The van der Waals surface area contributed by atoms with Gasteiger partial charge in [-0.15, -0.1) is 0 Å². The molecule has 0 rings (SSSR count). The third-order valence-electron chi connectivity index (χ3n) is 9.54. The zero-order chi connectivity index (χ0) is 42.9. The Bertz CT molecular complexity index is 1120. The topological polar surface area (TPSA) is 221 Å². The summed E-state index contributed by atoms with van der Waals surface area (Å²) in [7, 11) is 0. The first-order chi connectivity index (χ1) is 28.0. The fraction of sp³-hybridized carbons (Fsp3) is 0.837. The molecular formula is C43H76N2O13. The summed E-state index contributed by atoms with van der Waals surface area (Å²) in [5, 5.41) is 23.6. The molecule has 15 heteroatoms. The molecule has 0 saturated heterocycles. The zero-order valence-corrected chi connectivity index (χ0v) is 35.5. The Morgan fingerprint density at radius 1 is 0.448 bits per heavy atom. The number of rotatable bonds is 45. The number of ether oxygens (including phenoxy) is 4. The van der Waals surface area contributed by atoms with Crippen molar-refractivity contribution in [2.75, 3.05) is 65.9 Å². The van der Waals surface area contributed by atoms with Crippen molar-refractivity contribution in [2.45, 2.75) is 161 Å². The standard InChI is InChI=1S/C43H76N2O13/c1-2-37(46)20-17-25-44-41(50)35-58-32-29-55-27-18-21-39(48)34-57-31-30-56-28-26-45-40(49)24-23-36(43(53)54)33-38(47)19-15-13-11-9-7-5-3-4-6-8-10-12-14-16-22-42(51)52/h36H,2-35H2,1H3,(H,44,50)(H,45,49)(H,51,52)(H,53,54). The van der Waals surface area contributed by atoms with Gasteiger partial charge in [0, 0.05) is 64.6 Å². The van der Waals surface area contributed by atoms with Crippen LogP contribution in [0, 0.1) is 5.92 Å². The second-order valence-corrected chi connectivity index (χ2v) is 14.8. The van der Waals surface area contributed by atoms with Gasteiger partial charge in [-0.2, -0.15) is 0 Å². The number of nitrogens with one attached hydrogen (secondary N) is 2. The Balaban J connectivity index is 3.65. The molecule has 0 aliphatic rings. The summed E-state index contributed by atoms with van der Waals surface area (Å²) in [4.78, 5) is 81.7. The SMILES string of the molecule is CCC(=O)CCCNC(=O)COCCOCCCC(=O)COCCOCCNC(=O)CCC(CC(=O)CCCCCCCCCCCCCCCCC(=O)O)C(=O)O. The van der Waals surface area contributed by atoms with Gasteiger partial charge in [0.05, 0.1) is 39.0 Å². The van der Waals surface area contributed by atoms with Crippen LogP contribution in [0.5, 0.6) is 0 Å². The third-order valence-corrected chi connectivity index (χ3v) is 9.54. The normalized spacial score (nSPS) is 11.6. The van der Waals surface area contributed by atoms with E-state index in [0.29, 0.717) is 58.3 Å². The highest BCUT2D eigenvalue weighted by molar-refractivity contribution is 5.84. The molecule has 15 nitrogen and oxygen atoms in total. The highest BCUT2D eigenvalue weighted by Crippen LogP contribution is 2.17. The van der Waals surface area contributed by atoms with Crippen LogP contribution in [0.4, 0.5) is 0 Å². The van der Waals surface area contributed by atoms with Crippen molar-refractivity contribution in [3.05, 3.63) is 0 Å². The van der Waals surface area contributed by atoms with E-state index in [1.807, 2.05) is 6.92 Å². The van der Waals surface area contributed by atoms with Crippen molar-refractivity contribution < 1.29 is 62.7 Å². The van der Waals surface area contributed by atoms with E-state index in [2.05, 4.69) is 10.6 Å². The number of hydrogen-bond acceptors (Lipinski definition) is 11. The average molecular weight is 829 g/mol. The maximum atomic E-state index is 12.4. The molecule has 0 fully saturated rings. The number of ketones is 3. The van der Waals surface area contributed by atoms with Gasteiger partial charge >= 0.3 is 11.9 Å². The Morgan fingerprint density at radius 2 is 0.931 bits per heavy atom. The summed E-state index contributed by atoms with van der Waals surface area (Å²) in [6.45, 7) is 4.01. The van der Waals surface area contributed by atoms with E-state index in [4.69, 9.17) is 24.1 Å². The number of carboxylic acids is 2. The van der Waals surface area contributed by atoms with E-state index >= 15 is 0 Å². The van der Waals surface area contributed by atoms with Crippen LogP contribution in [-0.4, -0.2) is 117 Å². The number of aliphatic carboxylic acids is 2. The molecule has 0 aromatic heterocycles. The average Bonchev–Trinajstić information content (AvgIpc) is 3.19. The largest absolute Gasteiger partial charge is 0.481 e. The van der Waals surface area contributed by atoms with Crippen molar-refractivity contribution in [1.29, 1.82) is 0 Å². The molecular weight excluding hydrogens is 752 g/mol. The van der Waals surface area contributed by atoms with Crippen LogP contribution < -0.4 is 10.6 Å². The maximum absolute atomic E-state index is 12.4. The molecule has 336 valence electrons. The van der Waals surface area contributed by atoms with Gasteiger partial charge in [0.15, 0.2) is 5.78 Å². The lowest BCUT2D eigenvalue weighted by Crippen LogP contribution is -2.29. The number of carboxylic acid groups (broad SMARTS) is 2. The summed E-state index contributed by atoms with van der Waals surface area (Å²) in [5.74, 6) is -3.17. The number of Topliss-reactive ketones (excluding diaryl/α,β-unsaturated/α-hetero) is 3. The number of carbonyl (C=O) groups is 7. The van der Waals surface area contributed by atoms with Gasteiger partial charge in [-0.3, -0.25) is 33.6 Å². The molecule has 0 aromatic carbocycles. The summed E-state index contributed by atoms with van der Waals surface area (Å²) >= 11 is 0. The van der Waals surface area contributed by atoms with Gasteiger partial charge in [-0.1, -0.05) is 84.0 Å². The van der Waals surface area contributed by atoms with E-state index in [-0.39, 0.29) is 101 Å². The van der Waals surface area contributed by atoms with Gasteiger partial charge in [0.2, 0.25) is 11.8 Å². The van der Waals surface area contributed by atoms with Crippen LogP contribution in [0.1, 0.15) is 161 Å². The number of unbranched alkanes of at least 4 members (excludes halogenated alkanes) is 13. The maximum Gasteiger partial charge on any atom is 0.306 e. The Kier molecular flexibility index (Phi) is 38.2. The van der Waals surface area contributed by atoms with Gasteiger partial charge < -0.3 is 39.8 Å². The molecule has 1 atom stereocenters. The van der Waals surface area contributed by atoms with E-state index in [1.54, 1.807) is 0 Å². The second kappa shape index (κ2) is 40.5. The number of carbonyl (C=O) groups excluding carboxylic acids is 5. The van der Waals surface area contributed by atoms with Crippen molar-refractivity contribution in [1.82, 2.24) is 10.6 Å². The quantitative estimate of drug-likeness (QED) is 0.0506. The molecule has 0 saturated carbocycles. The summed E-state index contributed by atoms with van der Waals surface area (Å²) < 4.78 is 21.4. The highest BCUT2D eigenvalue weighted by Gasteiger charge is 2.22. The molecule has 0 aliphatic carbocycles. The van der Waals surface area contributed by atoms with E-state index < -0.39 is 17.9 Å². The lowest BCUT2D eigenvalue weighted by atomic mass is 9.94. The molecule has 0 aliphatic heterocycles. The minimum absolute atomic E-state index is 0.00640. The predicted octanol–water partition coefficient (Wildman–Crippen LogP) is 6.16. The van der Waals surface area contributed by atoms with Gasteiger partial charge in [0.25, 0.3) is 0 Å². The third kappa shape index (κ3) is 39.6. The molecule has 0 heterocycles. The summed E-state index contributed by atoms with van der Waals surface area (Å²) in [6, 6.07) is 0. The van der Waals surface area contributed by atoms with E-state index in [9.17, 15) is 38.7 Å². The minimum Gasteiger partial charge on any atom is -0.481 e. The van der Waals surface area contributed by atoms with Crippen LogP contribution in [0.2, 0.25) is 0 Å². The van der Waals surface area contributed by atoms with Gasteiger partial charge in [0.1, 0.15) is 24.8 Å². The first-order valence-electron chi connectivity index (χ1n) is 21.9. The van der Waals surface area contributed by atoms with Crippen LogP contribution in [0.15, 0.2) is 0 Å². The highest BCUT2D eigenvalue weighted by atomic mass is 16.5. The second-order valence-electron chi connectivity index (χ2n) is 14.8. The molecule has 58 heavy (non-hydrogen) atoms. The van der Waals surface area contributed by atoms with Crippen LogP contribution in [-0.2, 0) is 52.5 Å². The monoisotopic (exact) mass is 829 g/mol. The summed E-state index contributed by atoms with van der Waals surface area (Å²) in [5.41, 5.74) is 0. The molecule has 0 bridgehead atoms. The molecule has 2 amide bonds. The Labute approximate surface area is 346 Å². The smallest absolute Gasteiger partial charge is 0.306 e. The molecule has 4 N–H and O–H groups in total. The lowest BCUT2D eigenvalue weighted by molar-refractivity contribution is -0.144. The van der Waals surface area contributed by atoms with Crippen LogP contribution >= 0.6 is 0 Å². The minimum atomic E-state index is -1.07. The van der Waals surface area contributed by atoms with Crippen LogP contribution in [0.25, 0.3) is 0 Å². The molecule has 0 spiro atoms. The van der Waals surface area contributed by atoms with Gasteiger partial charge in [-0.05, 0) is 32.1 Å². The first kappa shape index (κ1) is 54.7. The Morgan fingerprint density at radius 3 is 1.50 bits per heavy atom. The fourth-order valence-electron chi connectivity index (χ4n) is 6.04. The van der Waals surface area contributed by atoms with Crippen LogP contribution in [0.3, 0.4) is 0 Å².